The summed E-state index contributed by atoms with van der Waals surface area (Å²) in [6.45, 7) is 3.20. The molecule has 4 rings (SSSR count). The van der Waals surface area contributed by atoms with E-state index >= 15 is 0 Å². The molecule has 1 aromatic carbocycles. The van der Waals surface area contributed by atoms with Gasteiger partial charge in [-0.1, -0.05) is 17.7 Å². The zero-order chi connectivity index (χ0) is 19.9. The van der Waals surface area contributed by atoms with E-state index in [0.717, 1.165) is 36.3 Å². The van der Waals surface area contributed by atoms with Crippen LogP contribution in [0, 0.1) is 6.92 Å². The largest absolute Gasteiger partial charge is 0.354 e. The topological polar surface area (TPSA) is 93.0 Å². The summed E-state index contributed by atoms with van der Waals surface area (Å²) in [5.41, 5.74) is 1.52. The van der Waals surface area contributed by atoms with Crippen LogP contribution >= 0.6 is 11.6 Å². The van der Waals surface area contributed by atoms with Crippen molar-refractivity contribution in [1.29, 1.82) is 0 Å². The number of fused-ring (bicyclic) bond motifs is 1. The van der Waals surface area contributed by atoms with Gasteiger partial charge in [0.15, 0.2) is 5.65 Å². The lowest BCUT2D eigenvalue weighted by Crippen LogP contribution is -2.47. The molecule has 1 aliphatic rings. The summed E-state index contributed by atoms with van der Waals surface area (Å²) in [4.78, 5) is 11.3. The van der Waals surface area contributed by atoms with Crippen LogP contribution in [0.5, 0.6) is 0 Å². The predicted octanol–water partition coefficient (Wildman–Crippen LogP) is 2.30. The molecule has 3 aromatic rings. The fourth-order valence-electron chi connectivity index (χ4n) is 3.61. The number of anilines is 1. The van der Waals surface area contributed by atoms with Crippen molar-refractivity contribution in [1.82, 2.24) is 24.5 Å². The van der Waals surface area contributed by atoms with E-state index in [4.69, 9.17) is 11.6 Å². The molecule has 148 valence electrons. The summed E-state index contributed by atoms with van der Waals surface area (Å²) in [6.07, 6.45) is 4.62. The van der Waals surface area contributed by atoms with Crippen molar-refractivity contribution >= 4 is 38.5 Å². The van der Waals surface area contributed by atoms with Crippen molar-refractivity contribution in [2.24, 2.45) is 0 Å². The molecule has 0 saturated carbocycles. The van der Waals surface area contributed by atoms with E-state index in [-0.39, 0.29) is 6.04 Å². The van der Waals surface area contributed by atoms with Crippen molar-refractivity contribution in [2.75, 3.05) is 24.2 Å². The van der Waals surface area contributed by atoms with Gasteiger partial charge in [-0.05, 0) is 38.0 Å². The molecule has 1 N–H and O–H groups in total. The van der Waals surface area contributed by atoms with Crippen molar-refractivity contribution in [3.05, 3.63) is 41.3 Å². The summed E-state index contributed by atoms with van der Waals surface area (Å²) in [7, 11) is -3.25. The van der Waals surface area contributed by atoms with Gasteiger partial charge in [0.05, 0.1) is 23.5 Å². The standard InChI is InChI=1S/C18H21ClN6O2S/c1-12-21-17(24-8-4-6-14(11-24)23-28(2,26)27)16-10-20-25(18(16)22-12)15-7-3-5-13(19)9-15/h3,5,7,9-10,14,23H,4,6,8,11H2,1-2H3. The fraction of sp³-hybridized carbons (Fsp3) is 0.389. The number of aryl methyl sites for hydroxylation is 1. The van der Waals surface area contributed by atoms with Crippen LogP contribution in [0.1, 0.15) is 18.7 Å². The van der Waals surface area contributed by atoms with Crippen LogP contribution in [-0.2, 0) is 10.0 Å². The van der Waals surface area contributed by atoms with Crippen LogP contribution in [-0.4, -0.2) is 53.6 Å². The summed E-state index contributed by atoms with van der Waals surface area (Å²) < 4.78 is 27.7. The average Bonchev–Trinajstić information content (AvgIpc) is 3.03. The summed E-state index contributed by atoms with van der Waals surface area (Å²) >= 11 is 6.13. The number of benzene rings is 1. The highest BCUT2D eigenvalue weighted by Gasteiger charge is 2.26. The average molecular weight is 421 g/mol. The first-order chi connectivity index (χ1) is 13.3. The van der Waals surface area contributed by atoms with Crippen LogP contribution < -0.4 is 9.62 Å². The van der Waals surface area contributed by atoms with Crippen LogP contribution in [0.3, 0.4) is 0 Å². The molecule has 0 radical (unpaired) electrons. The van der Waals surface area contributed by atoms with Gasteiger partial charge in [0, 0.05) is 24.2 Å². The first kappa shape index (κ1) is 19.1. The van der Waals surface area contributed by atoms with Gasteiger partial charge in [-0.15, -0.1) is 0 Å². The predicted molar refractivity (Wildman–Crippen MR) is 110 cm³/mol. The van der Waals surface area contributed by atoms with Crippen molar-refractivity contribution in [2.45, 2.75) is 25.8 Å². The normalized spacial score (nSPS) is 18.0. The summed E-state index contributed by atoms with van der Waals surface area (Å²) in [5, 5.41) is 5.95. The molecule has 8 nitrogen and oxygen atoms in total. The van der Waals surface area contributed by atoms with Crippen molar-refractivity contribution < 1.29 is 8.42 Å². The third-order valence-electron chi connectivity index (χ3n) is 4.67. The highest BCUT2D eigenvalue weighted by Crippen LogP contribution is 2.28. The molecule has 2 aromatic heterocycles. The first-order valence-corrected chi connectivity index (χ1v) is 11.3. The smallest absolute Gasteiger partial charge is 0.209 e. The SMILES string of the molecule is Cc1nc(N2CCCC(NS(C)(=O)=O)C2)c2cnn(-c3cccc(Cl)c3)c2n1. The maximum atomic E-state index is 11.6. The van der Waals surface area contributed by atoms with Gasteiger partial charge < -0.3 is 4.90 Å². The Morgan fingerprint density at radius 2 is 2.11 bits per heavy atom. The van der Waals surface area contributed by atoms with E-state index in [1.165, 1.54) is 6.26 Å². The van der Waals surface area contributed by atoms with E-state index in [1.54, 1.807) is 10.9 Å². The van der Waals surface area contributed by atoms with Crippen LogP contribution in [0.2, 0.25) is 5.02 Å². The van der Waals surface area contributed by atoms with E-state index in [0.29, 0.717) is 23.0 Å². The zero-order valence-corrected chi connectivity index (χ0v) is 17.2. The van der Waals surface area contributed by atoms with Crippen molar-refractivity contribution in [3.8, 4) is 5.69 Å². The first-order valence-electron chi connectivity index (χ1n) is 9.01. The molecule has 1 fully saturated rings. The Morgan fingerprint density at radius 1 is 1.29 bits per heavy atom. The fourth-order valence-corrected chi connectivity index (χ4v) is 4.59. The van der Waals surface area contributed by atoms with Gasteiger partial charge >= 0.3 is 0 Å². The summed E-state index contributed by atoms with van der Waals surface area (Å²) in [5.74, 6) is 1.40. The number of piperidine rings is 1. The molecule has 1 unspecified atom stereocenters. The van der Waals surface area contributed by atoms with E-state index < -0.39 is 10.0 Å². The molecule has 1 saturated heterocycles. The molecule has 1 atom stereocenters. The number of hydrogen-bond donors (Lipinski definition) is 1. The second kappa shape index (κ2) is 7.31. The molecule has 0 aliphatic carbocycles. The molecule has 0 spiro atoms. The molecule has 1 aliphatic heterocycles. The third kappa shape index (κ3) is 3.96. The van der Waals surface area contributed by atoms with Crippen LogP contribution in [0.25, 0.3) is 16.7 Å². The quantitative estimate of drug-likeness (QED) is 0.696. The van der Waals surface area contributed by atoms with Gasteiger partial charge in [0.1, 0.15) is 11.6 Å². The van der Waals surface area contributed by atoms with Crippen molar-refractivity contribution in [3.63, 3.8) is 0 Å². The second-order valence-corrected chi connectivity index (χ2v) is 9.26. The number of sulfonamides is 1. The van der Waals surface area contributed by atoms with Gasteiger partial charge in [-0.3, -0.25) is 0 Å². The minimum absolute atomic E-state index is 0.142. The highest BCUT2D eigenvalue weighted by atomic mass is 35.5. The lowest BCUT2D eigenvalue weighted by Gasteiger charge is -2.33. The molecule has 28 heavy (non-hydrogen) atoms. The van der Waals surface area contributed by atoms with Crippen LogP contribution in [0.4, 0.5) is 5.82 Å². The third-order valence-corrected chi connectivity index (χ3v) is 5.67. The number of aromatic nitrogens is 4. The van der Waals surface area contributed by atoms with Crippen LogP contribution in [0.15, 0.2) is 30.5 Å². The maximum absolute atomic E-state index is 11.6. The Balaban J connectivity index is 1.74. The molecular formula is C18H21ClN6O2S. The highest BCUT2D eigenvalue weighted by molar-refractivity contribution is 7.88. The monoisotopic (exact) mass is 420 g/mol. The number of halogens is 1. The molecule has 0 bridgehead atoms. The molecule has 10 heteroatoms. The molecule has 3 heterocycles. The lowest BCUT2D eigenvalue weighted by molar-refractivity contribution is 0.466. The second-order valence-electron chi connectivity index (χ2n) is 7.04. The molecule has 0 amide bonds. The minimum Gasteiger partial charge on any atom is -0.354 e. The van der Waals surface area contributed by atoms with E-state index in [9.17, 15) is 8.42 Å². The van der Waals surface area contributed by atoms with E-state index in [1.807, 2.05) is 31.2 Å². The summed E-state index contributed by atoms with van der Waals surface area (Å²) in [6, 6.07) is 7.29. The molecular weight excluding hydrogens is 400 g/mol. The maximum Gasteiger partial charge on any atom is 0.209 e. The van der Waals surface area contributed by atoms with Gasteiger partial charge in [-0.2, -0.15) is 5.10 Å². The van der Waals surface area contributed by atoms with Gasteiger partial charge in [0.2, 0.25) is 10.0 Å². The van der Waals surface area contributed by atoms with E-state index in [2.05, 4.69) is 24.7 Å². The Hall–Kier alpha value is -2.23. The van der Waals surface area contributed by atoms with Gasteiger partial charge in [0.25, 0.3) is 0 Å². The number of nitrogens with zero attached hydrogens (tertiary/aromatic N) is 5. The number of rotatable bonds is 4. The zero-order valence-electron chi connectivity index (χ0n) is 15.6. The Morgan fingerprint density at radius 3 is 2.86 bits per heavy atom. The number of hydrogen-bond acceptors (Lipinski definition) is 6. The Labute approximate surface area is 168 Å². The minimum atomic E-state index is -3.25. The lowest BCUT2D eigenvalue weighted by atomic mass is 10.1. The Bertz CT molecular complexity index is 1130. The van der Waals surface area contributed by atoms with Gasteiger partial charge in [-0.25, -0.2) is 27.8 Å². The Kier molecular flexibility index (Phi) is 4.98. The number of nitrogens with one attached hydrogen (secondary N) is 1.